The Hall–Kier alpha value is -4.72. The first-order chi connectivity index (χ1) is 25.2. The van der Waals surface area contributed by atoms with E-state index in [0.29, 0.717) is 29.7 Å². The van der Waals surface area contributed by atoms with Crippen molar-refractivity contribution in [3.8, 4) is 0 Å². The molecule has 0 spiro atoms. The zero-order chi connectivity index (χ0) is 38.2. The lowest BCUT2D eigenvalue weighted by Crippen LogP contribution is -2.71. The van der Waals surface area contributed by atoms with Crippen LogP contribution in [0.25, 0.3) is 10.9 Å². The van der Waals surface area contributed by atoms with E-state index in [1.165, 1.54) is 48.8 Å². The number of thiazole rings is 1. The van der Waals surface area contributed by atoms with Gasteiger partial charge in [-0.2, -0.15) is 4.57 Å². The molecule has 3 aliphatic heterocycles. The number of hydrogen-bond donors (Lipinski definition) is 5. The molecule has 15 nitrogen and oxygen atoms in total. The number of carboxylic acid groups (broad SMARTS) is 2. The lowest BCUT2D eigenvalue weighted by molar-refractivity contribution is -0.661. The minimum atomic E-state index is -1.79. The summed E-state index contributed by atoms with van der Waals surface area (Å²) in [4.78, 5) is 64.2. The first kappa shape index (κ1) is 38.0. The molecule has 53 heavy (non-hydrogen) atoms. The maximum atomic E-state index is 15.8. The number of carbonyl (C=O) groups excluding carboxylic acids is 2. The Morgan fingerprint density at radius 1 is 1.34 bits per heavy atom. The summed E-state index contributed by atoms with van der Waals surface area (Å²) in [6.07, 6.45) is 3.66. The Balaban J connectivity index is 1.23. The predicted molar refractivity (Wildman–Crippen MR) is 200 cm³/mol. The van der Waals surface area contributed by atoms with Crippen LogP contribution < -0.4 is 25.8 Å². The second-order valence-electron chi connectivity index (χ2n) is 13.0. The fourth-order valence-electron chi connectivity index (χ4n) is 6.13. The SMILES string of the molecule is C=CC[n+]1ccc(SCC2=C(C(=O)O)N3C(=O)C(NC(=O)/C(=N\OC(C)(C)C(=O)O)c4csc(N)n4)C3SC2)c2cc(F)c(N3CCNCC3C)cc21. The average Bonchev–Trinajstić information content (AvgIpc) is 3.55. The summed E-state index contributed by atoms with van der Waals surface area (Å²) in [5.74, 6) is -4.06. The molecule has 2 amide bonds. The van der Waals surface area contributed by atoms with Gasteiger partial charge in [0.1, 0.15) is 28.6 Å². The van der Waals surface area contributed by atoms with Gasteiger partial charge in [-0.1, -0.05) is 11.7 Å². The van der Waals surface area contributed by atoms with E-state index in [2.05, 4.69) is 32.3 Å². The number of benzene rings is 1. The lowest BCUT2D eigenvalue weighted by Gasteiger charge is -2.49. The highest BCUT2D eigenvalue weighted by Gasteiger charge is 2.54. The van der Waals surface area contributed by atoms with Crippen LogP contribution in [0.5, 0.6) is 0 Å². The fraction of sp³-hybridized carbons (Fsp3) is 0.382. The second-order valence-corrected chi connectivity index (χ2v) is 16.0. The molecule has 2 fully saturated rings. The molecular formula is C34H38FN8O7S3+. The molecule has 19 heteroatoms. The predicted octanol–water partition coefficient (Wildman–Crippen LogP) is 2.40. The van der Waals surface area contributed by atoms with Crippen molar-refractivity contribution in [2.45, 2.75) is 55.3 Å². The van der Waals surface area contributed by atoms with Crippen molar-refractivity contribution in [2.75, 3.05) is 41.8 Å². The molecular weight excluding hydrogens is 748 g/mol. The van der Waals surface area contributed by atoms with Gasteiger partial charge in [0.05, 0.1) is 11.1 Å². The molecule has 5 heterocycles. The molecule has 280 valence electrons. The van der Waals surface area contributed by atoms with Crippen LogP contribution in [0.2, 0.25) is 0 Å². The number of amides is 2. The number of aliphatic carboxylic acids is 2. The van der Waals surface area contributed by atoms with Crippen LogP contribution >= 0.6 is 34.9 Å². The van der Waals surface area contributed by atoms with E-state index in [0.717, 1.165) is 39.7 Å². The number of nitrogens with zero attached hydrogens (tertiary/aromatic N) is 5. The van der Waals surface area contributed by atoms with Gasteiger partial charge in [-0.05, 0) is 38.5 Å². The maximum Gasteiger partial charge on any atom is 0.352 e. The fourth-order valence-corrected chi connectivity index (χ4v) is 9.19. The van der Waals surface area contributed by atoms with E-state index in [4.69, 9.17) is 10.6 Å². The molecule has 3 aromatic rings. The molecule has 2 aromatic heterocycles. The van der Waals surface area contributed by atoms with Gasteiger partial charge in [0.2, 0.25) is 11.1 Å². The molecule has 3 atom stereocenters. The number of aromatic nitrogens is 2. The summed E-state index contributed by atoms with van der Waals surface area (Å²) >= 11 is 3.65. The summed E-state index contributed by atoms with van der Waals surface area (Å²) in [5.41, 5.74) is 5.20. The van der Waals surface area contributed by atoms with Gasteiger partial charge < -0.3 is 36.3 Å². The average molecular weight is 786 g/mol. The van der Waals surface area contributed by atoms with Crippen LogP contribution in [0.1, 0.15) is 26.5 Å². The number of thioether (sulfide) groups is 2. The standard InChI is InChI=1S/C34H37FN8O7S3/c1-5-8-41-9-6-24(19-11-20(35)23(12-22(19)41)42-10-7-37-13-17(42)2)51-14-18-15-52-30-26(29(45)43(30)27(18)31(46)47)39-28(44)25(21-16-53-33(36)38-21)40-50-34(3,4)32(48)49/h5-6,9,11-12,16-17,26,30,37H,1,7-8,10,13-15H2,2-4H3,(H4-,36,38,39,44,46,47,48,49)/p+1/b40-25-. The summed E-state index contributed by atoms with van der Waals surface area (Å²) in [7, 11) is 0. The smallest absolute Gasteiger partial charge is 0.352 e. The highest BCUT2D eigenvalue weighted by Crippen LogP contribution is 2.42. The number of nitrogens with two attached hydrogens (primary N) is 1. The van der Waals surface area contributed by atoms with Crippen LogP contribution in [0.15, 0.2) is 63.8 Å². The molecule has 6 rings (SSSR count). The molecule has 6 N–H and O–H groups in total. The molecule has 0 radical (unpaired) electrons. The van der Waals surface area contributed by atoms with E-state index in [-0.39, 0.29) is 39.9 Å². The highest BCUT2D eigenvalue weighted by atomic mass is 32.2. The summed E-state index contributed by atoms with van der Waals surface area (Å²) in [6.45, 7) is 11.1. The molecule has 0 bridgehead atoms. The number of allylic oxidation sites excluding steroid dienone is 1. The number of anilines is 2. The largest absolute Gasteiger partial charge is 0.478 e. The normalized spacial score (nSPS) is 20.6. The number of piperazine rings is 1. The third-order valence-corrected chi connectivity index (χ3v) is 12.2. The third kappa shape index (κ3) is 7.55. The Bertz CT molecular complexity index is 2070. The monoisotopic (exact) mass is 785 g/mol. The van der Waals surface area contributed by atoms with E-state index in [9.17, 15) is 29.4 Å². The van der Waals surface area contributed by atoms with Crippen molar-refractivity contribution in [1.29, 1.82) is 0 Å². The van der Waals surface area contributed by atoms with E-state index in [1.54, 1.807) is 6.08 Å². The highest BCUT2D eigenvalue weighted by molar-refractivity contribution is 8.01. The van der Waals surface area contributed by atoms with Gasteiger partial charge in [-0.15, -0.1) is 34.9 Å². The van der Waals surface area contributed by atoms with Crippen molar-refractivity contribution in [3.63, 3.8) is 0 Å². The van der Waals surface area contributed by atoms with E-state index < -0.39 is 46.5 Å². The summed E-state index contributed by atoms with van der Waals surface area (Å²) in [5, 5.41) is 30.9. The van der Waals surface area contributed by atoms with Crippen molar-refractivity contribution >= 4 is 86.0 Å². The summed E-state index contributed by atoms with van der Waals surface area (Å²) in [6, 6.07) is 4.23. The van der Waals surface area contributed by atoms with Gasteiger partial charge in [0.15, 0.2) is 23.6 Å². The maximum absolute atomic E-state index is 15.8. The van der Waals surface area contributed by atoms with Crippen LogP contribution in [0, 0.1) is 5.82 Å². The quantitative estimate of drug-likeness (QED) is 0.0423. The number of nitrogens with one attached hydrogen (secondary N) is 2. The van der Waals surface area contributed by atoms with Gasteiger partial charge in [0.25, 0.3) is 11.8 Å². The van der Waals surface area contributed by atoms with Crippen molar-refractivity contribution in [3.05, 3.63) is 65.2 Å². The molecule has 3 aliphatic rings. The number of carbonyl (C=O) groups is 4. The minimum absolute atomic E-state index is 0.00875. The Morgan fingerprint density at radius 2 is 2.11 bits per heavy atom. The third-order valence-electron chi connectivity index (χ3n) is 8.98. The van der Waals surface area contributed by atoms with Crippen molar-refractivity contribution < 1.29 is 43.2 Å². The van der Waals surface area contributed by atoms with E-state index in [1.807, 2.05) is 29.8 Å². The number of hydrogen-bond acceptors (Lipinski definition) is 13. The number of carboxylic acids is 2. The van der Waals surface area contributed by atoms with Gasteiger partial charge in [-0.3, -0.25) is 14.5 Å². The molecule has 3 unspecified atom stereocenters. The number of nitrogen functional groups attached to an aromatic ring is 1. The molecule has 1 aromatic carbocycles. The van der Waals surface area contributed by atoms with Gasteiger partial charge in [-0.25, -0.2) is 19.0 Å². The minimum Gasteiger partial charge on any atom is -0.478 e. The number of β-lactam (4-membered cyclic amide) rings is 1. The number of rotatable bonds is 13. The second kappa shape index (κ2) is 15.3. The van der Waals surface area contributed by atoms with Crippen LogP contribution in [0.3, 0.4) is 0 Å². The van der Waals surface area contributed by atoms with Crippen LogP contribution in [-0.2, 0) is 30.6 Å². The molecule has 0 aliphatic carbocycles. The summed E-state index contributed by atoms with van der Waals surface area (Å²) < 4.78 is 17.8. The Morgan fingerprint density at radius 3 is 2.77 bits per heavy atom. The number of oxime groups is 1. The van der Waals surface area contributed by atoms with Crippen LogP contribution in [-0.4, -0.2) is 104 Å². The number of halogens is 1. The lowest BCUT2D eigenvalue weighted by atomic mass is 10.0. The van der Waals surface area contributed by atoms with E-state index >= 15 is 4.39 Å². The molecule has 0 saturated carbocycles. The zero-order valence-electron chi connectivity index (χ0n) is 29.0. The van der Waals surface area contributed by atoms with Crippen LogP contribution in [0.4, 0.5) is 15.2 Å². The zero-order valence-corrected chi connectivity index (χ0v) is 31.4. The Labute approximate surface area is 316 Å². The Kier molecular flexibility index (Phi) is 11.0. The van der Waals surface area contributed by atoms with Crippen molar-refractivity contribution in [1.82, 2.24) is 20.5 Å². The first-order valence-electron chi connectivity index (χ1n) is 16.5. The number of fused-ring (bicyclic) bond motifs is 2. The number of pyridine rings is 1. The van der Waals surface area contributed by atoms with Gasteiger partial charge in [0, 0.05) is 59.6 Å². The molecule has 2 saturated heterocycles. The topological polar surface area (TPSA) is 204 Å². The first-order valence-corrected chi connectivity index (χ1v) is 19.4. The van der Waals surface area contributed by atoms with Gasteiger partial charge >= 0.3 is 11.9 Å². The van der Waals surface area contributed by atoms with Crippen molar-refractivity contribution in [2.24, 2.45) is 5.16 Å².